The van der Waals surface area contributed by atoms with E-state index in [0.717, 1.165) is 30.5 Å². The van der Waals surface area contributed by atoms with Crippen LogP contribution in [0.15, 0.2) is 0 Å². The van der Waals surface area contributed by atoms with Gasteiger partial charge in [-0.05, 0) is 25.8 Å². The Balaban J connectivity index is 1.86. The summed E-state index contributed by atoms with van der Waals surface area (Å²) in [6.45, 7) is 6.40. The number of hydrogen-bond donors (Lipinski definition) is 1. The number of aryl methyl sites for hydroxylation is 1. The molecule has 0 spiro atoms. The Morgan fingerprint density at radius 1 is 1.26 bits per heavy atom. The third-order valence-corrected chi connectivity index (χ3v) is 6.35. The Hall–Kier alpha value is -0.0600. The second-order valence-electron chi connectivity index (χ2n) is 5.18. The first kappa shape index (κ1) is 15.3. The quantitative estimate of drug-likeness (QED) is 0.808. The molecule has 0 saturated heterocycles. The lowest BCUT2D eigenvalue weighted by atomic mass is 10.0. The van der Waals surface area contributed by atoms with Gasteiger partial charge in [-0.15, -0.1) is 11.3 Å². The summed E-state index contributed by atoms with van der Waals surface area (Å²) in [7, 11) is 0. The molecule has 2 nitrogen and oxygen atoms in total. The van der Waals surface area contributed by atoms with E-state index in [9.17, 15) is 0 Å². The van der Waals surface area contributed by atoms with Crippen molar-refractivity contribution in [3.05, 3.63) is 15.6 Å². The largest absolute Gasteiger partial charge is 0.312 e. The summed E-state index contributed by atoms with van der Waals surface area (Å²) in [6.07, 6.45) is 8.21. The number of aromatic nitrogens is 1. The summed E-state index contributed by atoms with van der Waals surface area (Å²) in [5.74, 6) is 1.12. The highest BCUT2D eigenvalue weighted by Gasteiger charge is 2.15. The molecule has 1 aromatic heterocycles. The maximum absolute atomic E-state index is 4.82. The zero-order valence-electron chi connectivity index (χ0n) is 12.2. The van der Waals surface area contributed by atoms with Crippen LogP contribution < -0.4 is 5.32 Å². The molecule has 0 radical (unpaired) electrons. The molecule has 0 atom stereocenters. The fourth-order valence-corrected chi connectivity index (χ4v) is 5.04. The van der Waals surface area contributed by atoms with Crippen molar-refractivity contribution < 1.29 is 0 Å². The number of hydrogen-bond acceptors (Lipinski definition) is 4. The number of thiazole rings is 1. The van der Waals surface area contributed by atoms with Crippen molar-refractivity contribution in [2.45, 2.75) is 69.9 Å². The van der Waals surface area contributed by atoms with Crippen molar-refractivity contribution in [1.82, 2.24) is 10.3 Å². The Bertz CT molecular complexity index is 370. The zero-order chi connectivity index (χ0) is 13.5. The molecular weight excluding hydrogens is 272 g/mol. The molecule has 1 saturated carbocycles. The van der Waals surface area contributed by atoms with E-state index in [1.54, 1.807) is 0 Å². The SMILES string of the molecule is CCNCc1sc(CSC2CCCCC2)nc1CC. The molecule has 1 heterocycles. The Morgan fingerprint density at radius 3 is 2.74 bits per heavy atom. The minimum absolute atomic E-state index is 0.889. The molecule has 1 aliphatic rings. The van der Waals surface area contributed by atoms with Crippen molar-refractivity contribution in [1.29, 1.82) is 0 Å². The van der Waals surface area contributed by atoms with E-state index in [0.29, 0.717) is 0 Å². The molecular formula is C15H26N2S2. The first-order valence-electron chi connectivity index (χ1n) is 7.63. The van der Waals surface area contributed by atoms with Crippen LogP contribution in [-0.2, 0) is 18.7 Å². The Morgan fingerprint density at radius 2 is 2.05 bits per heavy atom. The van der Waals surface area contributed by atoms with Gasteiger partial charge in [-0.2, -0.15) is 11.8 Å². The lowest BCUT2D eigenvalue weighted by Crippen LogP contribution is -2.11. The number of nitrogens with zero attached hydrogens (tertiary/aromatic N) is 1. The minimum Gasteiger partial charge on any atom is -0.312 e. The van der Waals surface area contributed by atoms with E-state index in [4.69, 9.17) is 4.98 Å². The molecule has 0 unspecified atom stereocenters. The molecule has 0 aliphatic heterocycles. The molecule has 19 heavy (non-hydrogen) atoms. The van der Waals surface area contributed by atoms with E-state index in [2.05, 4.69) is 30.9 Å². The molecule has 0 amide bonds. The van der Waals surface area contributed by atoms with Crippen molar-refractivity contribution >= 4 is 23.1 Å². The summed E-state index contributed by atoms with van der Waals surface area (Å²) >= 11 is 4.05. The van der Waals surface area contributed by atoms with Crippen molar-refractivity contribution in [2.75, 3.05) is 6.54 Å². The van der Waals surface area contributed by atoms with Crippen molar-refractivity contribution in [3.63, 3.8) is 0 Å². The average Bonchev–Trinajstić information content (AvgIpc) is 2.86. The van der Waals surface area contributed by atoms with E-state index >= 15 is 0 Å². The standard InChI is InChI=1S/C15H26N2S2/c1-3-13-14(10-16-4-2)19-15(17-13)11-18-12-8-6-5-7-9-12/h12,16H,3-11H2,1-2H3. The van der Waals surface area contributed by atoms with Crippen LogP contribution in [0.1, 0.15) is 61.5 Å². The third kappa shape index (κ3) is 4.76. The number of rotatable bonds is 7. The smallest absolute Gasteiger partial charge is 0.103 e. The summed E-state index contributed by atoms with van der Waals surface area (Å²) in [6, 6.07) is 0. The number of thioether (sulfide) groups is 1. The van der Waals surface area contributed by atoms with Gasteiger partial charge in [0, 0.05) is 22.4 Å². The van der Waals surface area contributed by atoms with Gasteiger partial charge in [0.2, 0.25) is 0 Å². The van der Waals surface area contributed by atoms with Gasteiger partial charge >= 0.3 is 0 Å². The average molecular weight is 299 g/mol. The lowest BCUT2D eigenvalue weighted by Gasteiger charge is -2.20. The molecule has 0 bridgehead atoms. The van der Waals surface area contributed by atoms with Crippen LogP contribution in [0.4, 0.5) is 0 Å². The second kappa shape index (κ2) is 8.28. The van der Waals surface area contributed by atoms with Crippen LogP contribution in [0.2, 0.25) is 0 Å². The van der Waals surface area contributed by atoms with Crippen LogP contribution in [0.25, 0.3) is 0 Å². The van der Waals surface area contributed by atoms with Gasteiger partial charge in [-0.3, -0.25) is 0 Å². The van der Waals surface area contributed by atoms with Gasteiger partial charge in [-0.1, -0.05) is 33.1 Å². The van der Waals surface area contributed by atoms with Crippen LogP contribution in [0.5, 0.6) is 0 Å². The summed E-state index contributed by atoms with van der Waals surface area (Å²) in [4.78, 5) is 6.27. The highest BCUT2D eigenvalue weighted by atomic mass is 32.2. The fourth-order valence-electron chi connectivity index (χ4n) is 2.57. The lowest BCUT2D eigenvalue weighted by molar-refractivity contribution is 0.516. The van der Waals surface area contributed by atoms with Crippen LogP contribution >= 0.6 is 23.1 Å². The molecule has 1 aromatic rings. The minimum atomic E-state index is 0.889. The maximum atomic E-state index is 4.82. The van der Waals surface area contributed by atoms with Gasteiger partial charge in [0.1, 0.15) is 5.01 Å². The van der Waals surface area contributed by atoms with Crippen LogP contribution in [0.3, 0.4) is 0 Å². The monoisotopic (exact) mass is 298 g/mol. The van der Waals surface area contributed by atoms with Gasteiger partial charge in [-0.25, -0.2) is 4.98 Å². The van der Waals surface area contributed by atoms with E-state index in [-0.39, 0.29) is 0 Å². The maximum Gasteiger partial charge on any atom is 0.103 e. The molecule has 1 aliphatic carbocycles. The molecule has 0 aromatic carbocycles. The van der Waals surface area contributed by atoms with Gasteiger partial charge in [0.05, 0.1) is 5.69 Å². The highest BCUT2D eigenvalue weighted by molar-refractivity contribution is 7.99. The third-order valence-electron chi connectivity index (χ3n) is 3.69. The molecule has 4 heteroatoms. The molecule has 1 fully saturated rings. The molecule has 108 valence electrons. The first-order chi connectivity index (χ1) is 9.33. The predicted molar refractivity (Wildman–Crippen MR) is 87.0 cm³/mol. The number of nitrogens with one attached hydrogen (secondary N) is 1. The topological polar surface area (TPSA) is 24.9 Å². The van der Waals surface area contributed by atoms with Gasteiger partial charge in [0.25, 0.3) is 0 Å². The first-order valence-corrected chi connectivity index (χ1v) is 9.49. The van der Waals surface area contributed by atoms with E-state index < -0.39 is 0 Å². The van der Waals surface area contributed by atoms with E-state index in [1.165, 1.54) is 47.7 Å². The van der Waals surface area contributed by atoms with Crippen molar-refractivity contribution in [2.24, 2.45) is 0 Å². The molecule has 1 N–H and O–H groups in total. The van der Waals surface area contributed by atoms with Crippen LogP contribution in [0, 0.1) is 0 Å². The summed E-state index contributed by atoms with van der Waals surface area (Å²) < 4.78 is 0. The van der Waals surface area contributed by atoms with Gasteiger partial charge in [0.15, 0.2) is 0 Å². The van der Waals surface area contributed by atoms with Gasteiger partial charge < -0.3 is 5.32 Å². The fraction of sp³-hybridized carbons (Fsp3) is 0.800. The Labute approximate surface area is 125 Å². The normalized spacial score (nSPS) is 16.9. The van der Waals surface area contributed by atoms with Crippen molar-refractivity contribution in [3.8, 4) is 0 Å². The summed E-state index contributed by atoms with van der Waals surface area (Å²) in [5.41, 5.74) is 1.31. The second-order valence-corrected chi connectivity index (χ2v) is 7.64. The highest BCUT2D eigenvalue weighted by Crippen LogP contribution is 2.32. The zero-order valence-corrected chi connectivity index (χ0v) is 13.8. The van der Waals surface area contributed by atoms with E-state index in [1.807, 2.05) is 11.3 Å². The molecule has 2 rings (SSSR count). The summed E-state index contributed by atoms with van der Waals surface area (Å²) in [5, 5.41) is 5.64. The predicted octanol–water partition coefficient (Wildman–Crippen LogP) is 4.38. The van der Waals surface area contributed by atoms with Crippen LogP contribution in [-0.4, -0.2) is 16.8 Å². The Kier molecular flexibility index (Phi) is 6.68.